The molecule has 2 aliphatic heterocycles. The summed E-state index contributed by atoms with van der Waals surface area (Å²) in [4.78, 5) is 15.5. The van der Waals surface area contributed by atoms with Gasteiger partial charge in [-0.2, -0.15) is 0 Å². The van der Waals surface area contributed by atoms with Gasteiger partial charge in [-0.1, -0.05) is 56.3 Å². The highest BCUT2D eigenvalue weighted by molar-refractivity contribution is 5.92. The molecule has 0 atom stereocenters. The molecule has 0 spiro atoms. The van der Waals surface area contributed by atoms with Gasteiger partial charge in [-0.3, -0.25) is 4.79 Å². The minimum atomic E-state index is -0.262. The fourth-order valence-electron chi connectivity index (χ4n) is 5.31. The molecular weight excluding hydrogens is 396 g/mol. The van der Waals surface area contributed by atoms with Gasteiger partial charge in [0, 0.05) is 36.0 Å². The van der Waals surface area contributed by atoms with Crippen LogP contribution in [0.4, 0.5) is 17.1 Å². The minimum absolute atomic E-state index is 0.0502. The molecule has 0 saturated heterocycles. The van der Waals surface area contributed by atoms with Gasteiger partial charge in [0.25, 0.3) is 5.43 Å². The van der Waals surface area contributed by atoms with Crippen LogP contribution in [0, 0.1) is 0 Å². The second-order valence-electron chi connectivity index (χ2n) is 9.04. The largest absolute Gasteiger partial charge is 0.502 e. The number of nitrogens with zero attached hydrogens (tertiary/aromatic N) is 2. The van der Waals surface area contributed by atoms with E-state index in [-0.39, 0.29) is 16.6 Å². The second kappa shape index (κ2) is 6.30. The molecule has 2 heterocycles. The maximum Gasteiger partial charge on any atom is 0.303 e. The Morgan fingerprint density at radius 3 is 2.03 bits per heavy atom. The third-order valence-electron chi connectivity index (χ3n) is 6.96. The van der Waals surface area contributed by atoms with E-state index >= 15 is 0 Å². The molecule has 4 heteroatoms. The number of benzene rings is 3. The van der Waals surface area contributed by atoms with Gasteiger partial charge in [-0.15, -0.1) is 4.58 Å². The standard InChI is InChI=1S/C28H22N2O2/c1-28(2)20-12-6-9-15-23(20)29(3)24(28)16-19-26(31)25(27(19)32)30-21-13-7-4-10-17(21)18-11-5-8-14-22(18)30/h4-16H,1-3H3/p+1. The van der Waals surface area contributed by atoms with Crippen LogP contribution in [0.15, 0.2) is 83.3 Å². The van der Waals surface area contributed by atoms with E-state index in [1.54, 1.807) is 0 Å². The average Bonchev–Trinajstić information content (AvgIpc) is 3.22. The molecule has 0 bridgehead atoms. The highest BCUT2D eigenvalue weighted by Crippen LogP contribution is 2.48. The van der Waals surface area contributed by atoms with Gasteiger partial charge in [0.1, 0.15) is 0 Å². The molecule has 4 aromatic rings. The third-order valence-corrected chi connectivity index (χ3v) is 6.96. The van der Waals surface area contributed by atoms with Gasteiger partial charge >= 0.3 is 5.36 Å². The summed E-state index contributed by atoms with van der Waals surface area (Å²) < 4.78 is 1.89. The fraction of sp³-hybridized carbons (Fsp3) is 0.143. The summed E-state index contributed by atoms with van der Waals surface area (Å²) in [5.41, 5.74) is 7.27. The Balaban J connectivity index is 1.57. The number of allylic oxidation sites excluding steroid dienone is 1. The first-order valence-corrected chi connectivity index (χ1v) is 10.8. The predicted octanol–water partition coefficient (Wildman–Crippen LogP) is 4.81. The summed E-state index contributed by atoms with van der Waals surface area (Å²) in [6.07, 6.45) is 1.86. The van der Waals surface area contributed by atoms with E-state index in [0.29, 0.717) is 10.9 Å². The minimum Gasteiger partial charge on any atom is -0.502 e. The van der Waals surface area contributed by atoms with Crippen LogP contribution < -0.4 is 20.3 Å². The number of hydrogen-bond acceptors (Lipinski definition) is 3. The zero-order valence-electron chi connectivity index (χ0n) is 18.3. The van der Waals surface area contributed by atoms with Crippen molar-refractivity contribution >= 4 is 23.1 Å². The first kappa shape index (κ1) is 18.8. The summed E-state index contributed by atoms with van der Waals surface area (Å²) in [5.74, 6) is 0.0502. The molecule has 0 fully saturated rings. The van der Waals surface area contributed by atoms with Crippen LogP contribution in [0.25, 0.3) is 17.2 Å². The Kier molecular flexibility index (Phi) is 3.70. The van der Waals surface area contributed by atoms with Crippen molar-refractivity contribution in [2.45, 2.75) is 19.3 Å². The van der Waals surface area contributed by atoms with Crippen molar-refractivity contribution in [1.29, 1.82) is 0 Å². The van der Waals surface area contributed by atoms with E-state index in [4.69, 9.17) is 0 Å². The molecule has 0 unspecified atom stereocenters. The predicted molar refractivity (Wildman–Crippen MR) is 129 cm³/mol. The van der Waals surface area contributed by atoms with Crippen molar-refractivity contribution in [3.05, 3.63) is 105 Å². The Morgan fingerprint density at radius 2 is 1.44 bits per heavy atom. The Labute approximate surface area is 186 Å². The van der Waals surface area contributed by atoms with E-state index < -0.39 is 0 Å². The third kappa shape index (κ3) is 2.27. The van der Waals surface area contributed by atoms with Gasteiger partial charge in [-0.25, -0.2) is 0 Å². The van der Waals surface area contributed by atoms with Crippen molar-refractivity contribution in [3.8, 4) is 16.9 Å². The van der Waals surface area contributed by atoms with Crippen LogP contribution in [0.1, 0.15) is 25.0 Å². The smallest absolute Gasteiger partial charge is 0.303 e. The lowest BCUT2D eigenvalue weighted by molar-refractivity contribution is 0.454. The molecule has 1 N–H and O–H groups in total. The van der Waals surface area contributed by atoms with Gasteiger partial charge in [0.15, 0.2) is 0 Å². The summed E-state index contributed by atoms with van der Waals surface area (Å²) in [5, 5.41) is 11.4. The Morgan fingerprint density at radius 1 is 0.875 bits per heavy atom. The zero-order valence-corrected chi connectivity index (χ0v) is 18.3. The lowest BCUT2D eigenvalue weighted by atomic mass is 9.83. The Hall–Kier alpha value is -3.92. The molecular formula is C28H23N2O2+. The van der Waals surface area contributed by atoms with E-state index in [1.165, 1.54) is 5.56 Å². The van der Waals surface area contributed by atoms with Crippen molar-refractivity contribution in [3.63, 3.8) is 0 Å². The second-order valence-corrected chi connectivity index (χ2v) is 9.04. The average molecular weight is 420 g/mol. The molecule has 32 heavy (non-hydrogen) atoms. The number of rotatable bonds is 1. The summed E-state index contributed by atoms with van der Waals surface area (Å²) in [7, 11) is 2.01. The number of anilines is 1. The molecule has 0 aliphatic carbocycles. The molecule has 6 rings (SSSR count). The van der Waals surface area contributed by atoms with Crippen molar-refractivity contribution < 1.29 is 5.11 Å². The molecule has 0 radical (unpaired) electrons. The number of hydrogen-bond donors (Lipinski definition) is 1. The van der Waals surface area contributed by atoms with E-state index in [9.17, 15) is 9.90 Å². The van der Waals surface area contributed by atoms with Crippen LogP contribution in [0.2, 0.25) is 0 Å². The SMILES string of the molecule is CN1C(=Cc2c(O)c(=[N+]3c4ccccc4-c4ccccc43)c2=O)C(C)(C)c2ccccc21. The first-order chi connectivity index (χ1) is 15.4. The van der Waals surface area contributed by atoms with E-state index in [2.05, 4.69) is 43.0 Å². The Bertz CT molecular complexity index is 1500. The van der Waals surface area contributed by atoms with Gasteiger partial charge in [0.2, 0.25) is 17.1 Å². The molecule has 0 amide bonds. The summed E-state index contributed by atoms with van der Waals surface area (Å²) in [6, 6.07) is 24.3. The number of para-hydroxylation sites is 3. The molecule has 0 saturated carbocycles. The number of likely N-dealkylation sites (N-methyl/N-ethyl adjacent to an activating group) is 1. The fourth-order valence-corrected chi connectivity index (χ4v) is 5.31. The van der Waals surface area contributed by atoms with Crippen LogP contribution in [-0.2, 0) is 5.41 Å². The van der Waals surface area contributed by atoms with Crippen molar-refractivity contribution in [1.82, 2.24) is 4.58 Å². The molecule has 156 valence electrons. The van der Waals surface area contributed by atoms with Crippen LogP contribution in [0.3, 0.4) is 0 Å². The van der Waals surface area contributed by atoms with Gasteiger partial charge in [-0.05, 0) is 29.8 Å². The number of aromatic hydroxyl groups is 1. The topological polar surface area (TPSA) is 43.5 Å². The molecule has 2 aliphatic rings. The lowest BCUT2D eigenvalue weighted by Crippen LogP contribution is -2.42. The monoisotopic (exact) mass is 419 g/mol. The summed E-state index contributed by atoms with van der Waals surface area (Å²) >= 11 is 0. The zero-order chi connectivity index (χ0) is 22.2. The maximum absolute atomic E-state index is 13.4. The highest BCUT2D eigenvalue weighted by Gasteiger charge is 2.40. The molecule has 4 aromatic carbocycles. The quantitative estimate of drug-likeness (QED) is 0.397. The summed E-state index contributed by atoms with van der Waals surface area (Å²) in [6.45, 7) is 4.30. The molecule has 0 aromatic heterocycles. The van der Waals surface area contributed by atoms with Crippen LogP contribution in [0.5, 0.6) is 5.75 Å². The van der Waals surface area contributed by atoms with Gasteiger partial charge < -0.3 is 10.0 Å². The van der Waals surface area contributed by atoms with Crippen molar-refractivity contribution in [2.24, 2.45) is 0 Å². The number of fused-ring (bicyclic) bond motifs is 4. The maximum atomic E-state index is 13.4. The van der Waals surface area contributed by atoms with Gasteiger partial charge in [0.05, 0.1) is 16.7 Å². The van der Waals surface area contributed by atoms with Crippen LogP contribution >= 0.6 is 0 Å². The van der Waals surface area contributed by atoms with E-state index in [1.807, 2.05) is 66.2 Å². The highest BCUT2D eigenvalue weighted by atomic mass is 16.3. The van der Waals surface area contributed by atoms with Crippen LogP contribution in [-0.4, -0.2) is 12.2 Å². The van der Waals surface area contributed by atoms with Crippen molar-refractivity contribution in [2.75, 3.05) is 11.9 Å². The molecule has 4 nitrogen and oxygen atoms in total. The van der Waals surface area contributed by atoms with E-state index in [0.717, 1.165) is 33.9 Å². The lowest BCUT2D eigenvalue weighted by Gasteiger charge is -2.24. The normalized spacial score (nSPS) is 17.0. The first-order valence-electron chi connectivity index (χ1n) is 10.8.